The Kier molecular flexibility index (Phi) is 5.20. The molecule has 1 N–H and O–H groups in total. The van der Waals surface area contributed by atoms with E-state index >= 15 is 0 Å². The Balaban J connectivity index is 1.86. The molecule has 0 atom stereocenters. The molecule has 130 valence electrons. The fourth-order valence-corrected chi connectivity index (χ4v) is 5.86. The summed E-state index contributed by atoms with van der Waals surface area (Å²) in [6.07, 6.45) is 4.26. The van der Waals surface area contributed by atoms with Crippen molar-refractivity contribution in [1.29, 1.82) is 0 Å². The van der Waals surface area contributed by atoms with Gasteiger partial charge in [0.05, 0.1) is 7.11 Å². The summed E-state index contributed by atoms with van der Waals surface area (Å²) in [5.74, 6) is 0.295. The van der Waals surface area contributed by atoms with Crippen molar-refractivity contribution in [1.82, 2.24) is 4.72 Å². The summed E-state index contributed by atoms with van der Waals surface area (Å²) in [5, 5.41) is 2.41. The normalized spacial score (nSPS) is 17.1. The molecule has 1 fully saturated rings. The third-order valence-electron chi connectivity index (χ3n) is 4.62. The number of nitrogens with one attached hydrogen (secondary N) is 1. The Morgan fingerprint density at radius 3 is 2.67 bits per heavy atom. The summed E-state index contributed by atoms with van der Waals surface area (Å²) in [4.78, 5) is 1.33. The van der Waals surface area contributed by atoms with Crippen LogP contribution in [0.3, 0.4) is 0 Å². The average molecular weight is 386 g/mol. The van der Waals surface area contributed by atoms with Crippen LogP contribution in [0.25, 0.3) is 0 Å². The van der Waals surface area contributed by atoms with Crippen LogP contribution in [-0.2, 0) is 15.4 Å². The van der Waals surface area contributed by atoms with E-state index in [0.29, 0.717) is 17.3 Å². The molecule has 0 amide bonds. The van der Waals surface area contributed by atoms with Gasteiger partial charge in [-0.2, -0.15) is 0 Å². The summed E-state index contributed by atoms with van der Waals surface area (Å²) in [6, 6.07) is 8.74. The third kappa shape index (κ3) is 3.47. The molecule has 1 heterocycles. The first kappa shape index (κ1) is 17.7. The van der Waals surface area contributed by atoms with Crippen LogP contribution in [0.4, 0.5) is 0 Å². The summed E-state index contributed by atoms with van der Waals surface area (Å²) < 4.78 is 33.5. The Bertz CT molecular complexity index is 797. The molecule has 0 saturated heterocycles. The van der Waals surface area contributed by atoms with Crippen LogP contribution in [-0.4, -0.2) is 22.1 Å². The number of ether oxygens (including phenoxy) is 1. The van der Waals surface area contributed by atoms with Crippen LogP contribution < -0.4 is 9.46 Å². The highest BCUT2D eigenvalue weighted by Crippen LogP contribution is 2.43. The molecule has 3 rings (SSSR count). The number of sulfonamides is 1. The fraction of sp³-hybridized carbons (Fsp3) is 0.412. The van der Waals surface area contributed by atoms with Gasteiger partial charge < -0.3 is 4.74 Å². The number of halogens is 1. The summed E-state index contributed by atoms with van der Waals surface area (Å²) in [7, 11) is -2.25. The lowest BCUT2D eigenvalue weighted by atomic mass is 9.85. The number of rotatable bonds is 6. The number of hydrogen-bond donors (Lipinski definition) is 1. The Morgan fingerprint density at radius 1 is 1.29 bits per heavy atom. The van der Waals surface area contributed by atoms with Crippen LogP contribution in [0.1, 0.15) is 30.6 Å². The minimum Gasteiger partial charge on any atom is -0.495 e. The molecule has 1 aliphatic carbocycles. The first-order valence-electron chi connectivity index (χ1n) is 7.84. The van der Waals surface area contributed by atoms with E-state index in [1.54, 1.807) is 23.5 Å². The maximum atomic E-state index is 12.8. The second-order valence-electron chi connectivity index (χ2n) is 6.08. The van der Waals surface area contributed by atoms with E-state index in [9.17, 15) is 8.42 Å². The van der Waals surface area contributed by atoms with E-state index in [2.05, 4.69) is 10.8 Å². The molecule has 0 bridgehead atoms. The lowest BCUT2D eigenvalue weighted by molar-refractivity contribution is 0.401. The molecule has 2 aromatic rings. The first-order valence-corrected chi connectivity index (χ1v) is 10.6. The van der Waals surface area contributed by atoms with Gasteiger partial charge in [0, 0.05) is 21.9 Å². The molecule has 4 nitrogen and oxygen atoms in total. The Hall–Kier alpha value is -1.08. The van der Waals surface area contributed by atoms with Gasteiger partial charge in [0.2, 0.25) is 10.0 Å². The predicted molar refractivity (Wildman–Crippen MR) is 97.7 cm³/mol. The lowest BCUT2D eigenvalue weighted by Gasteiger charge is -2.28. The molecule has 1 aromatic carbocycles. The highest BCUT2D eigenvalue weighted by Gasteiger charge is 2.37. The zero-order chi connectivity index (χ0) is 17.2. The Labute approximate surface area is 151 Å². The molecular formula is C17H20ClNO3S2. The number of hydrogen-bond acceptors (Lipinski definition) is 4. The minimum atomic E-state index is -3.70. The highest BCUT2D eigenvalue weighted by molar-refractivity contribution is 7.89. The van der Waals surface area contributed by atoms with Gasteiger partial charge in [0.1, 0.15) is 10.6 Å². The van der Waals surface area contributed by atoms with Crippen molar-refractivity contribution < 1.29 is 13.2 Å². The van der Waals surface area contributed by atoms with Crippen molar-refractivity contribution in [2.24, 2.45) is 0 Å². The van der Waals surface area contributed by atoms with Gasteiger partial charge in [-0.1, -0.05) is 30.5 Å². The maximum absolute atomic E-state index is 12.8. The van der Waals surface area contributed by atoms with Gasteiger partial charge in [0.15, 0.2) is 0 Å². The van der Waals surface area contributed by atoms with Crippen molar-refractivity contribution in [3.05, 3.63) is 45.6 Å². The summed E-state index contributed by atoms with van der Waals surface area (Å²) in [6.45, 7) is 0.394. The molecule has 7 heteroatoms. The smallest absolute Gasteiger partial charge is 0.244 e. The molecule has 0 aliphatic heterocycles. The standard InChI is InChI=1S/C17H20ClNO3S2/c1-22-14-7-6-13(18)11-15(14)24(20,21)19-12-17(8-2-3-9-17)16-5-4-10-23-16/h4-7,10-11,19H,2-3,8-9,12H2,1H3. The third-order valence-corrected chi connectivity index (χ3v) is 7.39. The van der Waals surface area contributed by atoms with E-state index in [-0.39, 0.29) is 10.3 Å². The fourth-order valence-electron chi connectivity index (χ4n) is 3.31. The SMILES string of the molecule is COc1ccc(Cl)cc1S(=O)(=O)NCC1(c2cccs2)CCCC1. The zero-order valence-corrected chi connectivity index (χ0v) is 15.8. The molecule has 1 saturated carbocycles. The van der Waals surface area contributed by atoms with E-state index < -0.39 is 10.0 Å². The van der Waals surface area contributed by atoms with Gasteiger partial charge >= 0.3 is 0 Å². The van der Waals surface area contributed by atoms with Crippen LogP contribution in [0.2, 0.25) is 5.02 Å². The zero-order valence-electron chi connectivity index (χ0n) is 13.4. The van der Waals surface area contributed by atoms with Crippen LogP contribution in [0.15, 0.2) is 40.6 Å². The van der Waals surface area contributed by atoms with Gasteiger partial charge in [-0.15, -0.1) is 11.3 Å². The number of benzene rings is 1. The monoisotopic (exact) mass is 385 g/mol. The van der Waals surface area contributed by atoms with Gasteiger partial charge in [0.25, 0.3) is 0 Å². The van der Waals surface area contributed by atoms with Crippen molar-refractivity contribution in [3.8, 4) is 5.75 Å². The van der Waals surface area contributed by atoms with Crippen LogP contribution in [0, 0.1) is 0 Å². The van der Waals surface area contributed by atoms with Crippen molar-refractivity contribution >= 4 is 33.0 Å². The van der Waals surface area contributed by atoms with E-state index in [4.69, 9.17) is 16.3 Å². The van der Waals surface area contributed by atoms with Gasteiger partial charge in [-0.25, -0.2) is 13.1 Å². The largest absolute Gasteiger partial charge is 0.495 e. The molecule has 0 spiro atoms. The van der Waals surface area contributed by atoms with Crippen LogP contribution >= 0.6 is 22.9 Å². The topological polar surface area (TPSA) is 55.4 Å². The van der Waals surface area contributed by atoms with Gasteiger partial charge in [-0.3, -0.25) is 0 Å². The molecule has 24 heavy (non-hydrogen) atoms. The second-order valence-corrected chi connectivity index (χ2v) is 9.20. The van der Waals surface area contributed by atoms with Crippen molar-refractivity contribution in [2.45, 2.75) is 36.0 Å². The van der Waals surface area contributed by atoms with E-state index in [1.165, 1.54) is 18.1 Å². The van der Waals surface area contributed by atoms with Crippen molar-refractivity contribution in [3.63, 3.8) is 0 Å². The molecular weight excluding hydrogens is 366 g/mol. The Morgan fingerprint density at radius 2 is 2.04 bits per heavy atom. The molecule has 1 aromatic heterocycles. The molecule has 0 radical (unpaired) electrons. The predicted octanol–water partition coefficient (Wildman–Crippen LogP) is 4.20. The van der Waals surface area contributed by atoms with Crippen LogP contribution in [0.5, 0.6) is 5.75 Å². The summed E-state index contributed by atoms with van der Waals surface area (Å²) >= 11 is 7.66. The van der Waals surface area contributed by atoms with Gasteiger partial charge in [-0.05, 0) is 42.5 Å². The van der Waals surface area contributed by atoms with E-state index in [1.807, 2.05) is 11.4 Å². The molecule has 0 unspecified atom stereocenters. The second kappa shape index (κ2) is 7.04. The molecule has 1 aliphatic rings. The maximum Gasteiger partial charge on any atom is 0.244 e. The average Bonchev–Trinajstić information content (AvgIpc) is 3.25. The highest BCUT2D eigenvalue weighted by atomic mass is 35.5. The van der Waals surface area contributed by atoms with Crippen molar-refractivity contribution in [2.75, 3.05) is 13.7 Å². The number of methoxy groups -OCH3 is 1. The van der Waals surface area contributed by atoms with E-state index in [0.717, 1.165) is 25.7 Å². The summed E-state index contributed by atoms with van der Waals surface area (Å²) in [5.41, 5.74) is -0.104. The lowest BCUT2D eigenvalue weighted by Crippen LogP contribution is -2.38. The quantitative estimate of drug-likeness (QED) is 0.810. The minimum absolute atomic E-state index is 0.0804. The first-order chi connectivity index (χ1) is 11.5. The number of thiophene rings is 1.